The number of piperazine rings is 1. The molecule has 5 rings (SSSR count). The van der Waals surface area contributed by atoms with Gasteiger partial charge in [-0.05, 0) is 60.9 Å². The van der Waals surface area contributed by atoms with Crippen molar-refractivity contribution in [3.63, 3.8) is 0 Å². The van der Waals surface area contributed by atoms with E-state index in [2.05, 4.69) is 40.5 Å². The van der Waals surface area contributed by atoms with E-state index in [0.717, 1.165) is 94.9 Å². The molecular weight excluding hydrogens is 424 g/mol. The monoisotopic (exact) mass is 460 g/mol. The van der Waals surface area contributed by atoms with Crippen molar-refractivity contribution in [1.29, 1.82) is 0 Å². The van der Waals surface area contributed by atoms with Gasteiger partial charge in [0.2, 0.25) is 5.91 Å². The Bertz CT molecular complexity index is 995. The van der Waals surface area contributed by atoms with Crippen LogP contribution in [0.3, 0.4) is 0 Å². The highest BCUT2D eigenvalue weighted by Gasteiger charge is 2.28. The fourth-order valence-electron chi connectivity index (χ4n) is 5.59. The molecule has 6 nitrogen and oxygen atoms in total. The van der Waals surface area contributed by atoms with Crippen molar-refractivity contribution in [3.8, 4) is 0 Å². The van der Waals surface area contributed by atoms with Crippen molar-refractivity contribution < 1.29 is 9.59 Å². The molecule has 0 aliphatic carbocycles. The number of carbonyl (C=O) groups excluding carboxylic acids is 2. The van der Waals surface area contributed by atoms with Crippen molar-refractivity contribution in [2.45, 2.75) is 32.1 Å². The van der Waals surface area contributed by atoms with E-state index in [1.807, 2.05) is 28.0 Å². The largest absolute Gasteiger partial charge is 0.339 e. The molecule has 2 amide bonds. The minimum Gasteiger partial charge on any atom is -0.339 e. The van der Waals surface area contributed by atoms with Crippen LogP contribution in [-0.2, 0) is 17.6 Å². The number of hydrogen-bond donors (Lipinski definition) is 1. The SMILES string of the molecule is O=C(c1ccc2c(c1)CCN2C(=O)CCN1CCNCC1)N1CCC(Cc2ccccc2)CC1. The number of nitrogens with zero attached hydrogens (tertiary/aromatic N) is 3. The summed E-state index contributed by atoms with van der Waals surface area (Å²) in [5.41, 5.74) is 4.26. The second kappa shape index (κ2) is 10.7. The maximum Gasteiger partial charge on any atom is 0.253 e. The van der Waals surface area contributed by atoms with Crippen LogP contribution >= 0.6 is 0 Å². The number of piperidine rings is 1. The summed E-state index contributed by atoms with van der Waals surface area (Å²) in [6.07, 6.45) is 4.59. The van der Waals surface area contributed by atoms with Crippen molar-refractivity contribution in [1.82, 2.24) is 15.1 Å². The van der Waals surface area contributed by atoms with E-state index in [9.17, 15) is 9.59 Å². The van der Waals surface area contributed by atoms with Gasteiger partial charge in [-0.15, -0.1) is 0 Å². The molecule has 0 atom stereocenters. The van der Waals surface area contributed by atoms with Crippen LogP contribution in [-0.4, -0.2) is 74.0 Å². The minimum atomic E-state index is 0.129. The molecule has 2 aromatic rings. The standard InChI is InChI=1S/C28H36N4O2/c33-27(11-14-30-18-12-29-13-19-30)32-17-10-24-21-25(6-7-26(24)32)28(34)31-15-8-23(9-16-31)20-22-4-2-1-3-5-22/h1-7,21,23,29H,8-20H2. The van der Waals surface area contributed by atoms with E-state index in [1.54, 1.807) is 0 Å². The Balaban J connectivity index is 1.15. The zero-order chi connectivity index (χ0) is 23.3. The normalized spacial score (nSPS) is 19.3. The van der Waals surface area contributed by atoms with Crippen LogP contribution in [0.15, 0.2) is 48.5 Å². The molecule has 0 spiro atoms. The molecule has 3 heterocycles. The topological polar surface area (TPSA) is 55.9 Å². The lowest BCUT2D eigenvalue weighted by molar-refractivity contribution is -0.118. The van der Waals surface area contributed by atoms with Gasteiger partial charge in [0, 0.05) is 70.0 Å². The van der Waals surface area contributed by atoms with Crippen LogP contribution in [0.1, 0.15) is 40.7 Å². The van der Waals surface area contributed by atoms with Gasteiger partial charge in [-0.2, -0.15) is 0 Å². The van der Waals surface area contributed by atoms with Crippen LogP contribution in [0, 0.1) is 5.92 Å². The van der Waals surface area contributed by atoms with Crippen LogP contribution in [0.25, 0.3) is 0 Å². The van der Waals surface area contributed by atoms with Crippen molar-refractivity contribution in [2.75, 3.05) is 57.3 Å². The highest BCUT2D eigenvalue weighted by atomic mass is 16.2. The number of benzene rings is 2. The number of likely N-dealkylation sites (tertiary alicyclic amines) is 1. The Labute approximate surface area is 202 Å². The van der Waals surface area contributed by atoms with Crippen LogP contribution in [0.4, 0.5) is 5.69 Å². The molecule has 6 heteroatoms. The number of hydrogen-bond acceptors (Lipinski definition) is 4. The molecule has 0 radical (unpaired) electrons. The Morgan fingerprint density at radius 3 is 2.44 bits per heavy atom. The van der Waals surface area contributed by atoms with Gasteiger partial charge in [-0.1, -0.05) is 30.3 Å². The van der Waals surface area contributed by atoms with E-state index in [-0.39, 0.29) is 11.8 Å². The zero-order valence-corrected chi connectivity index (χ0v) is 20.0. The summed E-state index contributed by atoms with van der Waals surface area (Å²) in [4.78, 5) is 32.4. The van der Waals surface area contributed by atoms with Gasteiger partial charge in [0.15, 0.2) is 0 Å². The highest BCUT2D eigenvalue weighted by Crippen LogP contribution is 2.30. The molecule has 3 aliphatic rings. The molecule has 2 saturated heterocycles. The molecule has 0 unspecified atom stereocenters. The van der Waals surface area contributed by atoms with Gasteiger partial charge in [-0.3, -0.25) is 9.59 Å². The summed E-state index contributed by atoms with van der Waals surface area (Å²) in [6, 6.07) is 16.6. The number of nitrogens with one attached hydrogen (secondary N) is 1. The van der Waals surface area contributed by atoms with E-state index in [4.69, 9.17) is 0 Å². The van der Waals surface area contributed by atoms with Crippen LogP contribution < -0.4 is 10.2 Å². The quantitative estimate of drug-likeness (QED) is 0.720. The zero-order valence-electron chi connectivity index (χ0n) is 20.0. The summed E-state index contributed by atoms with van der Waals surface area (Å²) < 4.78 is 0. The number of rotatable bonds is 6. The molecule has 0 bridgehead atoms. The van der Waals surface area contributed by atoms with Crippen molar-refractivity contribution >= 4 is 17.5 Å². The lowest BCUT2D eigenvalue weighted by atomic mass is 9.90. The Morgan fingerprint density at radius 2 is 1.68 bits per heavy atom. The Hall–Kier alpha value is -2.70. The predicted octanol–water partition coefficient (Wildman–Crippen LogP) is 2.97. The third-order valence-corrected chi connectivity index (χ3v) is 7.64. The van der Waals surface area contributed by atoms with Gasteiger partial charge in [0.1, 0.15) is 0 Å². The van der Waals surface area contributed by atoms with Gasteiger partial charge >= 0.3 is 0 Å². The summed E-state index contributed by atoms with van der Waals surface area (Å²) in [5.74, 6) is 0.966. The van der Waals surface area contributed by atoms with E-state index >= 15 is 0 Å². The fraction of sp³-hybridized carbons (Fsp3) is 0.500. The van der Waals surface area contributed by atoms with Crippen molar-refractivity contribution in [3.05, 3.63) is 65.2 Å². The van der Waals surface area contributed by atoms with E-state index in [1.165, 1.54) is 5.56 Å². The van der Waals surface area contributed by atoms with Crippen molar-refractivity contribution in [2.24, 2.45) is 5.92 Å². The highest BCUT2D eigenvalue weighted by molar-refractivity contribution is 5.98. The average molecular weight is 461 g/mol. The lowest BCUT2D eigenvalue weighted by Crippen LogP contribution is -2.44. The molecule has 2 fully saturated rings. The van der Waals surface area contributed by atoms with Crippen LogP contribution in [0.5, 0.6) is 0 Å². The molecule has 180 valence electrons. The third kappa shape index (κ3) is 5.34. The smallest absolute Gasteiger partial charge is 0.253 e. The number of carbonyl (C=O) groups is 2. The number of anilines is 1. The van der Waals surface area contributed by atoms with Gasteiger partial charge in [0.25, 0.3) is 5.91 Å². The maximum atomic E-state index is 13.2. The first-order valence-corrected chi connectivity index (χ1v) is 12.9. The van der Waals surface area contributed by atoms with E-state index < -0.39 is 0 Å². The van der Waals surface area contributed by atoms with Crippen LogP contribution in [0.2, 0.25) is 0 Å². The fourth-order valence-corrected chi connectivity index (χ4v) is 5.59. The molecule has 0 saturated carbocycles. The molecule has 0 aromatic heterocycles. The summed E-state index contributed by atoms with van der Waals surface area (Å²) in [5, 5.41) is 3.35. The van der Waals surface area contributed by atoms with Gasteiger partial charge in [0.05, 0.1) is 0 Å². The minimum absolute atomic E-state index is 0.129. The molecule has 3 aliphatic heterocycles. The third-order valence-electron chi connectivity index (χ3n) is 7.64. The van der Waals surface area contributed by atoms with Gasteiger partial charge in [-0.25, -0.2) is 0 Å². The Kier molecular flexibility index (Phi) is 7.26. The predicted molar refractivity (Wildman–Crippen MR) is 135 cm³/mol. The Morgan fingerprint density at radius 1 is 0.912 bits per heavy atom. The first-order valence-electron chi connectivity index (χ1n) is 12.9. The van der Waals surface area contributed by atoms with E-state index in [0.29, 0.717) is 12.3 Å². The molecular formula is C28H36N4O2. The van der Waals surface area contributed by atoms with Gasteiger partial charge < -0.3 is 20.0 Å². The maximum absolute atomic E-state index is 13.2. The molecule has 1 N–H and O–H groups in total. The molecule has 34 heavy (non-hydrogen) atoms. The summed E-state index contributed by atoms with van der Waals surface area (Å²) >= 11 is 0. The first kappa shape index (κ1) is 23.1. The summed E-state index contributed by atoms with van der Waals surface area (Å²) in [6.45, 7) is 7.22. The second-order valence-electron chi connectivity index (χ2n) is 9.91. The first-order chi connectivity index (χ1) is 16.7. The number of amides is 2. The average Bonchev–Trinajstić information content (AvgIpc) is 3.32. The summed E-state index contributed by atoms with van der Waals surface area (Å²) in [7, 11) is 0. The number of fused-ring (bicyclic) bond motifs is 1. The molecule has 2 aromatic carbocycles. The second-order valence-corrected chi connectivity index (χ2v) is 9.91. The lowest BCUT2D eigenvalue weighted by Gasteiger charge is -2.32.